The summed E-state index contributed by atoms with van der Waals surface area (Å²) in [7, 11) is -3.98. The zero-order valence-electron chi connectivity index (χ0n) is 32.5. The number of aliphatic hydroxyl groups is 5. The van der Waals surface area contributed by atoms with E-state index < -0.39 is 61.8 Å². The fraction of sp³-hybridized carbons (Fsp3) is 0.900. The molecular formula is C40H78NO9P. The van der Waals surface area contributed by atoms with Crippen LogP contribution in [0.25, 0.3) is 0 Å². The highest BCUT2D eigenvalue weighted by atomic mass is 31.1. The van der Waals surface area contributed by atoms with E-state index in [0.29, 0.717) is 12.8 Å². The van der Waals surface area contributed by atoms with E-state index in [1.165, 1.54) is 89.9 Å². The average molecular weight is 748 g/mol. The fourth-order valence-electron chi connectivity index (χ4n) is 6.65. The van der Waals surface area contributed by atoms with Gasteiger partial charge in [0.1, 0.15) is 5.78 Å². The molecule has 51 heavy (non-hydrogen) atoms. The van der Waals surface area contributed by atoms with E-state index in [-0.39, 0.29) is 19.0 Å². The summed E-state index contributed by atoms with van der Waals surface area (Å²) < 4.78 is 24.3. The first-order chi connectivity index (χ1) is 24.0. The van der Waals surface area contributed by atoms with Gasteiger partial charge in [-0.2, -0.15) is 0 Å². The lowest BCUT2D eigenvalue weighted by atomic mass is 9.77. The molecule has 0 aliphatic rings. The Labute approximate surface area is 311 Å². The summed E-state index contributed by atoms with van der Waals surface area (Å²) in [5.74, 6) is -3.12. The van der Waals surface area contributed by atoms with Gasteiger partial charge in [-0.3, -0.25) is 9.59 Å². The third-order valence-corrected chi connectivity index (χ3v) is 11.2. The molecule has 0 saturated heterocycles. The first-order valence-electron chi connectivity index (χ1n) is 20.3. The summed E-state index contributed by atoms with van der Waals surface area (Å²) >= 11 is 0. The van der Waals surface area contributed by atoms with E-state index in [9.17, 15) is 44.3 Å². The molecule has 0 fully saturated rings. The summed E-state index contributed by atoms with van der Waals surface area (Å²) in [5, 5.41) is 48.2. The molecule has 11 heteroatoms. The van der Waals surface area contributed by atoms with Crippen LogP contribution in [0.5, 0.6) is 0 Å². The maximum Gasteiger partial charge on any atom is 0.351 e. The zero-order chi connectivity index (χ0) is 37.5. The Balaban J connectivity index is 0. The lowest BCUT2D eigenvalue weighted by Gasteiger charge is -2.38. The molecule has 0 aliphatic carbocycles. The van der Waals surface area contributed by atoms with Crippen molar-refractivity contribution in [3.8, 4) is 0 Å². The third-order valence-electron chi connectivity index (χ3n) is 10.1. The van der Waals surface area contributed by atoms with Crippen molar-refractivity contribution >= 4 is 19.2 Å². The Morgan fingerprint density at radius 2 is 1.02 bits per heavy atom. The standard InChI is InChI=1S/C40H75O9P.H3N/c1-3-5-7-9-11-13-15-17-19-20-22-24-26-28-30-36(38(45)39(46,34-42)40(47,50(48)49)32-35(43)33-41)37(44)31-29-27-25-23-21-18-16-14-12-10-8-6-4-2;/h17,19,35-36,41-43,46-47H,3-16,18,20-34H2,1-2H3;1H3/b19-17-;. The first-order valence-corrected chi connectivity index (χ1v) is 21.4. The van der Waals surface area contributed by atoms with E-state index in [1.807, 2.05) is 0 Å². The number of rotatable bonds is 37. The number of Topliss-reactive ketones (excluding diaryl/α,β-unsaturated/α-hetero) is 2. The Kier molecular flexibility index (Phi) is 33.9. The summed E-state index contributed by atoms with van der Waals surface area (Å²) in [5.41, 5.74) is -3.24. The molecule has 0 rings (SSSR count). The van der Waals surface area contributed by atoms with Gasteiger partial charge in [0, 0.05) is 12.8 Å². The van der Waals surface area contributed by atoms with Gasteiger partial charge in [-0.25, -0.2) is 9.13 Å². The lowest BCUT2D eigenvalue weighted by Crippen LogP contribution is -2.62. The summed E-state index contributed by atoms with van der Waals surface area (Å²) in [6, 6.07) is 0. The number of hydrogen-bond donors (Lipinski definition) is 6. The second-order valence-corrected chi connectivity index (χ2v) is 15.8. The van der Waals surface area contributed by atoms with Crippen LogP contribution >= 0.6 is 7.68 Å². The minimum Gasteiger partial charge on any atom is -0.394 e. The van der Waals surface area contributed by atoms with Gasteiger partial charge in [0.05, 0.1) is 25.2 Å². The van der Waals surface area contributed by atoms with Gasteiger partial charge in [-0.15, -0.1) is 0 Å². The van der Waals surface area contributed by atoms with Crippen LogP contribution in [-0.4, -0.2) is 67.4 Å². The Morgan fingerprint density at radius 1 is 0.627 bits per heavy atom. The van der Waals surface area contributed by atoms with Crippen molar-refractivity contribution in [3.05, 3.63) is 12.2 Å². The Morgan fingerprint density at radius 3 is 1.41 bits per heavy atom. The first kappa shape index (κ1) is 51.8. The SMILES string of the molecule is CCCCCCCC/C=C\CCCCCCC(C(=O)CCCCCCCCCCCCCCC)C(=O)C(O)(CO)C(O)(CC(O)CO)P(=O)=O.N. The minimum absolute atomic E-state index is 0. The van der Waals surface area contributed by atoms with E-state index in [2.05, 4.69) is 26.0 Å². The smallest absolute Gasteiger partial charge is 0.351 e. The van der Waals surface area contributed by atoms with Crippen molar-refractivity contribution in [1.82, 2.24) is 6.15 Å². The molecule has 0 amide bonds. The van der Waals surface area contributed by atoms with Crippen molar-refractivity contribution in [1.29, 1.82) is 0 Å². The van der Waals surface area contributed by atoms with Crippen LogP contribution in [0.1, 0.15) is 194 Å². The molecule has 0 aliphatic heterocycles. The van der Waals surface area contributed by atoms with Gasteiger partial charge in [-0.1, -0.05) is 154 Å². The maximum absolute atomic E-state index is 13.7. The molecule has 8 N–H and O–H groups in total. The van der Waals surface area contributed by atoms with Gasteiger partial charge in [0.25, 0.3) is 0 Å². The second kappa shape index (κ2) is 33.3. The topological polar surface area (TPSA) is 204 Å². The van der Waals surface area contributed by atoms with E-state index >= 15 is 0 Å². The highest BCUT2D eigenvalue weighted by molar-refractivity contribution is 7.32. The molecule has 0 aromatic rings. The normalized spacial score (nSPS) is 15.2. The molecule has 10 nitrogen and oxygen atoms in total. The fourth-order valence-corrected chi connectivity index (χ4v) is 7.49. The summed E-state index contributed by atoms with van der Waals surface area (Å²) in [6.07, 6.45) is 29.1. The van der Waals surface area contributed by atoms with Crippen molar-refractivity contribution in [3.63, 3.8) is 0 Å². The lowest BCUT2D eigenvalue weighted by molar-refractivity contribution is -0.175. The van der Waals surface area contributed by atoms with Gasteiger partial charge < -0.3 is 31.7 Å². The van der Waals surface area contributed by atoms with E-state index in [1.54, 1.807) is 0 Å². The molecule has 0 saturated carbocycles. The van der Waals surface area contributed by atoms with Crippen LogP contribution in [0.15, 0.2) is 12.2 Å². The number of carbonyl (C=O) groups excluding carboxylic acids is 2. The summed E-state index contributed by atoms with van der Waals surface area (Å²) in [6.45, 7) is 2.04. The third kappa shape index (κ3) is 22.5. The van der Waals surface area contributed by atoms with Crippen molar-refractivity contribution in [2.45, 2.75) is 211 Å². The Hall–Kier alpha value is -1.26. The zero-order valence-corrected chi connectivity index (χ0v) is 33.4. The molecule has 0 aromatic heterocycles. The molecule has 0 radical (unpaired) electrons. The number of ketones is 2. The highest BCUT2D eigenvalue weighted by Crippen LogP contribution is 2.43. The molecule has 4 unspecified atom stereocenters. The van der Waals surface area contributed by atoms with Crippen molar-refractivity contribution < 1.29 is 44.3 Å². The predicted octanol–water partition coefficient (Wildman–Crippen LogP) is 9.36. The molecule has 0 aromatic carbocycles. The molecular weight excluding hydrogens is 669 g/mol. The van der Waals surface area contributed by atoms with Crippen LogP contribution in [0.4, 0.5) is 0 Å². The maximum atomic E-state index is 13.7. The van der Waals surface area contributed by atoms with Crippen molar-refractivity contribution in [2.75, 3.05) is 13.2 Å². The number of unbranched alkanes of at least 4 members (excludes halogenated alkanes) is 22. The number of hydrogen-bond acceptors (Lipinski definition) is 10. The highest BCUT2D eigenvalue weighted by Gasteiger charge is 2.61. The van der Waals surface area contributed by atoms with Crippen LogP contribution < -0.4 is 6.15 Å². The molecule has 4 atom stereocenters. The second-order valence-electron chi connectivity index (χ2n) is 14.5. The van der Waals surface area contributed by atoms with Gasteiger partial charge in [0.15, 0.2) is 11.4 Å². The van der Waals surface area contributed by atoms with Gasteiger partial charge in [0.2, 0.25) is 5.34 Å². The van der Waals surface area contributed by atoms with Crippen LogP contribution in [0.2, 0.25) is 0 Å². The monoisotopic (exact) mass is 748 g/mol. The minimum atomic E-state index is -3.98. The van der Waals surface area contributed by atoms with E-state index in [4.69, 9.17) is 0 Å². The van der Waals surface area contributed by atoms with Gasteiger partial charge >= 0.3 is 7.68 Å². The summed E-state index contributed by atoms with van der Waals surface area (Å²) in [4.78, 5) is 27.2. The molecule has 302 valence electrons. The number of allylic oxidation sites excluding steroid dienone is 2. The quantitative estimate of drug-likeness (QED) is 0.0154. The van der Waals surface area contributed by atoms with Crippen LogP contribution in [0.3, 0.4) is 0 Å². The Bertz CT molecular complexity index is 952. The van der Waals surface area contributed by atoms with Crippen molar-refractivity contribution in [2.24, 2.45) is 5.92 Å². The molecule has 0 bridgehead atoms. The van der Waals surface area contributed by atoms with Crippen LogP contribution in [0, 0.1) is 5.92 Å². The van der Waals surface area contributed by atoms with E-state index in [0.717, 1.165) is 57.8 Å². The molecule has 0 heterocycles. The predicted molar refractivity (Wildman–Crippen MR) is 207 cm³/mol. The van der Waals surface area contributed by atoms with Gasteiger partial charge in [-0.05, 0) is 38.5 Å². The number of carbonyl (C=O) groups is 2. The number of aliphatic hydroxyl groups excluding tert-OH is 3. The van der Waals surface area contributed by atoms with Crippen LogP contribution in [-0.2, 0) is 18.7 Å². The molecule has 0 spiro atoms. The average Bonchev–Trinajstić information content (AvgIpc) is 3.10. The largest absolute Gasteiger partial charge is 0.394 e.